The highest BCUT2D eigenvalue weighted by molar-refractivity contribution is 5.97. The quantitative estimate of drug-likeness (QED) is 0.710. The summed E-state index contributed by atoms with van der Waals surface area (Å²) in [5.74, 6) is -1.13. The number of benzene rings is 2. The van der Waals surface area contributed by atoms with Crippen molar-refractivity contribution < 1.29 is 18.0 Å². The fourth-order valence-electron chi connectivity index (χ4n) is 2.78. The second kappa shape index (κ2) is 6.82. The molecule has 0 aliphatic heterocycles. The van der Waals surface area contributed by atoms with Gasteiger partial charge in [0.25, 0.3) is 12.3 Å². The van der Waals surface area contributed by atoms with E-state index in [0.29, 0.717) is 22.2 Å². The molecule has 2 N–H and O–H groups in total. The van der Waals surface area contributed by atoms with Gasteiger partial charge in [-0.1, -0.05) is 32.0 Å². The van der Waals surface area contributed by atoms with Gasteiger partial charge in [-0.2, -0.15) is 0 Å². The predicted octanol–water partition coefficient (Wildman–Crippen LogP) is 4.35. The molecule has 3 aromatic rings. The smallest absolute Gasteiger partial charge is 0.295 e. The van der Waals surface area contributed by atoms with Crippen LogP contribution in [0.25, 0.3) is 11.0 Å². The number of aromatic nitrogens is 2. The Bertz CT molecular complexity index is 950. The minimum absolute atomic E-state index is 0.218. The van der Waals surface area contributed by atoms with E-state index >= 15 is 0 Å². The summed E-state index contributed by atoms with van der Waals surface area (Å²) in [6, 6.07) is 10.9. The first kappa shape index (κ1) is 18.0. The molecule has 136 valence electrons. The van der Waals surface area contributed by atoms with Gasteiger partial charge in [-0.3, -0.25) is 4.79 Å². The molecule has 0 atom stereocenters. The van der Waals surface area contributed by atoms with Crippen LogP contribution in [0.2, 0.25) is 0 Å². The van der Waals surface area contributed by atoms with Gasteiger partial charge in [-0.15, -0.1) is 0 Å². The first-order chi connectivity index (χ1) is 12.3. The number of halogens is 3. The van der Waals surface area contributed by atoms with Crippen molar-refractivity contribution >= 4 is 16.9 Å². The van der Waals surface area contributed by atoms with Crippen LogP contribution >= 0.6 is 0 Å². The van der Waals surface area contributed by atoms with Gasteiger partial charge in [0.2, 0.25) is 0 Å². The lowest BCUT2D eigenvalue weighted by Crippen LogP contribution is -2.37. The van der Waals surface area contributed by atoms with E-state index in [0.717, 1.165) is 0 Å². The number of hydrogen-bond acceptors (Lipinski definition) is 2. The van der Waals surface area contributed by atoms with Crippen molar-refractivity contribution in [3.63, 3.8) is 0 Å². The third kappa shape index (κ3) is 3.56. The average Bonchev–Trinajstić information content (AvgIpc) is 3.03. The van der Waals surface area contributed by atoms with E-state index in [1.165, 1.54) is 24.3 Å². The number of H-pyrrole nitrogens is 1. The third-order valence-corrected chi connectivity index (χ3v) is 4.26. The summed E-state index contributed by atoms with van der Waals surface area (Å²) in [4.78, 5) is 18.7. The molecular weight excluding hydrogens is 343 g/mol. The summed E-state index contributed by atoms with van der Waals surface area (Å²) in [5.41, 5.74) is 0.934. The molecule has 1 heterocycles. The molecule has 0 unspecified atom stereocenters. The minimum Gasteiger partial charge on any atom is -0.351 e. The second-order valence-electron chi connectivity index (χ2n) is 6.70. The molecule has 26 heavy (non-hydrogen) atoms. The first-order valence-electron chi connectivity index (χ1n) is 8.09. The number of aromatic amines is 1. The molecule has 1 amide bonds. The normalized spacial score (nSPS) is 11.9. The fourth-order valence-corrected chi connectivity index (χ4v) is 2.78. The van der Waals surface area contributed by atoms with Crippen LogP contribution in [0.4, 0.5) is 13.2 Å². The number of rotatable bonds is 5. The maximum atomic E-state index is 14.0. The van der Waals surface area contributed by atoms with Gasteiger partial charge in [0.15, 0.2) is 5.82 Å². The lowest BCUT2D eigenvalue weighted by molar-refractivity contribution is 0.0945. The largest absolute Gasteiger partial charge is 0.351 e. The zero-order valence-electron chi connectivity index (χ0n) is 14.3. The highest BCUT2D eigenvalue weighted by atomic mass is 19.3. The van der Waals surface area contributed by atoms with E-state index in [1.807, 2.05) is 13.8 Å². The Morgan fingerprint density at radius 2 is 1.96 bits per heavy atom. The molecule has 0 aliphatic rings. The highest BCUT2D eigenvalue weighted by Gasteiger charge is 2.25. The van der Waals surface area contributed by atoms with E-state index in [2.05, 4.69) is 15.3 Å². The van der Waals surface area contributed by atoms with E-state index in [9.17, 15) is 18.0 Å². The lowest BCUT2D eigenvalue weighted by Gasteiger charge is -2.26. The molecule has 0 bridgehead atoms. The Morgan fingerprint density at radius 1 is 1.23 bits per heavy atom. The zero-order valence-corrected chi connectivity index (χ0v) is 14.3. The molecular formula is C19H18F3N3O. The maximum Gasteiger partial charge on any atom is 0.295 e. The van der Waals surface area contributed by atoms with Crippen LogP contribution in [0.15, 0.2) is 42.5 Å². The van der Waals surface area contributed by atoms with Crippen molar-refractivity contribution in [1.29, 1.82) is 0 Å². The van der Waals surface area contributed by atoms with Crippen LogP contribution in [0, 0.1) is 5.82 Å². The van der Waals surface area contributed by atoms with Crippen LogP contribution in [-0.4, -0.2) is 22.4 Å². The van der Waals surface area contributed by atoms with Gasteiger partial charge in [0.05, 0.1) is 11.0 Å². The van der Waals surface area contributed by atoms with Crippen LogP contribution in [0.5, 0.6) is 0 Å². The van der Waals surface area contributed by atoms with E-state index in [1.54, 1.807) is 18.2 Å². The summed E-state index contributed by atoms with van der Waals surface area (Å²) in [7, 11) is 0. The van der Waals surface area contributed by atoms with Crippen molar-refractivity contribution in [2.24, 2.45) is 0 Å². The number of fused-ring (bicyclic) bond motifs is 1. The van der Waals surface area contributed by atoms with Gasteiger partial charge in [0, 0.05) is 17.5 Å². The third-order valence-electron chi connectivity index (χ3n) is 4.26. The predicted molar refractivity (Wildman–Crippen MR) is 92.8 cm³/mol. The van der Waals surface area contributed by atoms with Gasteiger partial charge < -0.3 is 10.3 Å². The lowest BCUT2D eigenvalue weighted by atomic mass is 9.84. The number of amides is 1. The van der Waals surface area contributed by atoms with E-state index < -0.39 is 17.7 Å². The average molecular weight is 361 g/mol. The summed E-state index contributed by atoms with van der Waals surface area (Å²) in [6.07, 6.45) is -2.71. The summed E-state index contributed by atoms with van der Waals surface area (Å²) < 4.78 is 39.4. The van der Waals surface area contributed by atoms with Gasteiger partial charge >= 0.3 is 0 Å². The molecule has 0 aliphatic carbocycles. The number of carbonyl (C=O) groups excluding carboxylic acids is 1. The number of alkyl halides is 2. The Labute approximate surface area is 148 Å². The number of carbonyl (C=O) groups is 1. The highest BCUT2D eigenvalue weighted by Crippen LogP contribution is 2.25. The van der Waals surface area contributed by atoms with Crippen molar-refractivity contribution in [3.05, 3.63) is 65.2 Å². The summed E-state index contributed by atoms with van der Waals surface area (Å²) >= 11 is 0. The van der Waals surface area contributed by atoms with Gasteiger partial charge in [0.1, 0.15) is 5.82 Å². The van der Waals surface area contributed by atoms with Gasteiger partial charge in [-0.25, -0.2) is 18.2 Å². The summed E-state index contributed by atoms with van der Waals surface area (Å²) in [5, 5.41) is 2.77. The standard InChI is InChI=1S/C19H18F3N3O/c1-19(2,12-5-3-4-6-13(12)20)10-23-18(26)11-7-8-14-15(9-11)25-17(24-14)16(21)22/h3-9,16H,10H2,1-2H3,(H,23,26)(H,24,25). The fraction of sp³-hybridized carbons (Fsp3) is 0.263. The Balaban J connectivity index is 1.75. The number of nitrogens with one attached hydrogen (secondary N) is 2. The Hall–Kier alpha value is -2.83. The molecule has 0 saturated carbocycles. The second-order valence-corrected chi connectivity index (χ2v) is 6.70. The van der Waals surface area contributed by atoms with Crippen molar-refractivity contribution in [2.75, 3.05) is 6.54 Å². The zero-order chi connectivity index (χ0) is 18.9. The molecule has 0 saturated heterocycles. The van der Waals surface area contributed by atoms with E-state index in [4.69, 9.17) is 0 Å². The van der Waals surface area contributed by atoms with Crippen molar-refractivity contribution in [2.45, 2.75) is 25.7 Å². The molecule has 2 aromatic carbocycles. The van der Waals surface area contributed by atoms with Gasteiger partial charge in [-0.05, 0) is 29.8 Å². The Kier molecular flexibility index (Phi) is 4.71. The molecule has 0 fully saturated rings. The van der Waals surface area contributed by atoms with Crippen molar-refractivity contribution in [1.82, 2.24) is 15.3 Å². The molecule has 0 spiro atoms. The molecule has 4 nitrogen and oxygen atoms in total. The molecule has 3 rings (SSSR count). The topological polar surface area (TPSA) is 57.8 Å². The SMILES string of the molecule is CC(C)(CNC(=O)c1ccc2nc(C(F)F)[nH]c2c1)c1ccccc1F. The monoisotopic (exact) mass is 361 g/mol. The van der Waals surface area contributed by atoms with Crippen LogP contribution in [0.3, 0.4) is 0 Å². The number of hydrogen-bond donors (Lipinski definition) is 2. The minimum atomic E-state index is -2.71. The molecule has 7 heteroatoms. The van der Waals surface area contributed by atoms with Crippen molar-refractivity contribution in [3.8, 4) is 0 Å². The van der Waals surface area contributed by atoms with Crippen LogP contribution in [0.1, 0.15) is 42.0 Å². The number of nitrogens with zero attached hydrogens (tertiary/aromatic N) is 1. The van der Waals surface area contributed by atoms with E-state index in [-0.39, 0.29) is 18.3 Å². The Morgan fingerprint density at radius 3 is 2.65 bits per heavy atom. The molecule has 0 radical (unpaired) electrons. The number of imidazole rings is 1. The summed E-state index contributed by atoms with van der Waals surface area (Å²) in [6.45, 7) is 3.88. The molecule has 1 aromatic heterocycles. The van der Waals surface area contributed by atoms with Crippen LogP contribution < -0.4 is 5.32 Å². The first-order valence-corrected chi connectivity index (χ1v) is 8.09. The van der Waals surface area contributed by atoms with Crippen LogP contribution in [-0.2, 0) is 5.41 Å². The maximum absolute atomic E-state index is 14.0.